The normalized spacial score (nSPS) is 19.5. The second-order valence-corrected chi connectivity index (χ2v) is 7.58. The number of anilines is 1. The van der Waals surface area contributed by atoms with Crippen molar-refractivity contribution in [1.29, 1.82) is 0 Å². The Hall–Kier alpha value is -2.59. The number of pyridine rings is 1. The first-order valence-electron chi connectivity index (χ1n) is 8.87. The maximum Gasteiger partial charge on any atom is 0.318 e. The standard InChI is InChI=1S/C20H22BrN5O/c1-14-13-26(20(27)24-11-16-6-4-5-9-23-16)15(2)12-25(14)17-7-8-19(22-3)18(21)10-17/h4-10,14-15H,11-13H2,1-2H3,(H,24,27)/t14-,15+/m0/s1. The van der Waals surface area contributed by atoms with Crippen LogP contribution in [-0.4, -0.2) is 41.1 Å². The highest BCUT2D eigenvalue weighted by molar-refractivity contribution is 9.10. The summed E-state index contributed by atoms with van der Waals surface area (Å²) in [5.41, 5.74) is 2.50. The molecule has 1 fully saturated rings. The quantitative estimate of drug-likeness (QED) is 0.746. The van der Waals surface area contributed by atoms with Gasteiger partial charge in [-0.2, -0.15) is 0 Å². The van der Waals surface area contributed by atoms with Gasteiger partial charge in [-0.05, 0) is 38.1 Å². The lowest BCUT2D eigenvalue weighted by atomic mass is 10.1. The molecule has 27 heavy (non-hydrogen) atoms. The van der Waals surface area contributed by atoms with E-state index in [1.165, 1.54) is 0 Å². The predicted octanol–water partition coefficient (Wildman–Crippen LogP) is 4.20. The summed E-state index contributed by atoms with van der Waals surface area (Å²) in [5.74, 6) is 0. The van der Waals surface area contributed by atoms with E-state index < -0.39 is 0 Å². The topological polar surface area (TPSA) is 52.8 Å². The molecule has 0 saturated carbocycles. The van der Waals surface area contributed by atoms with Gasteiger partial charge in [0.2, 0.25) is 5.69 Å². The van der Waals surface area contributed by atoms with Crippen LogP contribution in [0, 0.1) is 6.57 Å². The van der Waals surface area contributed by atoms with E-state index in [1.54, 1.807) is 6.20 Å². The molecule has 6 nitrogen and oxygen atoms in total. The minimum Gasteiger partial charge on any atom is -0.365 e. The molecule has 2 atom stereocenters. The van der Waals surface area contributed by atoms with Crippen LogP contribution in [0.15, 0.2) is 47.1 Å². The molecule has 1 aliphatic rings. The fourth-order valence-corrected chi connectivity index (χ4v) is 3.76. The van der Waals surface area contributed by atoms with Gasteiger partial charge in [-0.25, -0.2) is 9.64 Å². The summed E-state index contributed by atoms with van der Waals surface area (Å²) in [6.45, 7) is 13.1. The molecule has 0 unspecified atom stereocenters. The number of amides is 2. The number of carbonyl (C=O) groups is 1. The number of nitrogens with one attached hydrogen (secondary N) is 1. The minimum absolute atomic E-state index is 0.0656. The van der Waals surface area contributed by atoms with Crippen LogP contribution in [-0.2, 0) is 6.54 Å². The van der Waals surface area contributed by atoms with Crippen LogP contribution < -0.4 is 10.2 Å². The number of benzene rings is 1. The van der Waals surface area contributed by atoms with E-state index in [-0.39, 0.29) is 18.1 Å². The lowest BCUT2D eigenvalue weighted by Crippen LogP contribution is -2.60. The van der Waals surface area contributed by atoms with Gasteiger partial charge in [0, 0.05) is 41.5 Å². The smallest absolute Gasteiger partial charge is 0.318 e. The van der Waals surface area contributed by atoms with Crippen molar-refractivity contribution in [2.75, 3.05) is 18.0 Å². The number of aromatic nitrogens is 1. The number of piperazine rings is 1. The summed E-state index contributed by atoms with van der Waals surface area (Å²) < 4.78 is 0.797. The minimum atomic E-state index is -0.0656. The number of carbonyl (C=O) groups excluding carboxylic acids is 1. The third-order valence-electron chi connectivity index (χ3n) is 4.78. The SMILES string of the molecule is [C-]#[N+]c1ccc(N2C[C@@H](C)N(C(=O)NCc3ccccn3)C[C@@H]2C)cc1Br. The number of urea groups is 1. The van der Waals surface area contributed by atoms with Gasteiger partial charge in [-0.3, -0.25) is 4.98 Å². The summed E-state index contributed by atoms with van der Waals surface area (Å²) in [6.07, 6.45) is 1.72. The summed E-state index contributed by atoms with van der Waals surface area (Å²) in [7, 11) is 0. The fourth-order valence-electron chi connectivity index (χ4n) is 3.30. The highest BCUT2D eigenvalue weighted by Gasteiger charge is 2.32. The van der Waals surface area contributed by atoms with E-state index in [2.05, 4.69) is 49.8 Å². The van der Waals surface area contributed by atoms with Crippen molar-refractivity contribution < 1.29 is 4.79 Å². The highest BCUT2D eigenvalue weighted by Crippen LogP contribution is 2.32. The van der Waals surface area contributed by atoms with Gasteiger partial charge in [0.15, 0.2) is 0 Å². The molecular weight excluding hydrogens is 406 g/mol. The van der Waals surface area contributed by atoms with Crippen LogP contribution in [0.4, 0.5) is 16.2 Å². The lowest BCUT2D eigenvalue weighted by molar-refractivity contribution is 0.160. The number of hydrogen-bond acceptors (Lipinski definition) is 3. The molecular formula is C20H22BrN5O. The Morgan fingerprint density at radius 3 is 2.78 bits per heavy atom. The van der Waals surface area contributed by atoms with Crippen LogP contribution in [0.3, 0.4) is 0 Å². The molecule has 1 N–H and O–H groups in total. The van der Waals surface area contributed by atoms with Crippen LogP contribution in [0.25, 0.3) is 4.85 Å². The maximum atomic E-state index is 12.6. The Labute approximate surface area is 168 Å². The van der Waals surface area contributed by atoms with Gasteiger partial charge in [0.05, 0.1) is 18.8 Å². The largest absolute Gasteiger partial charge is 0.365 e. The molecule has 2 heterocycles. The number of rotatable bonds is 3. The summed E-state index contributed by atoms with van der Waals surface area (Å²) in [5, 5.41) is 2.96. The molecule has 1 saturated heterocycles. The second kappa shape index (κ2) is 8.40. The van der Waals surface area contributed by atoms with E-state index in [0.717, 1.165) is 22.4 Å². The van der Waals surface area contributed by atoms with E-state index in [1.807, 2.05) is 41.3 Å². The van der Waals surface area contributed by atoms with E-state index in [4.69, 9.17) is 6.57 Å². The molecule has 1 aliphatic heterocycles. The molecule has 2 aromatic rings. The molecule has 0 radical (unpaired) electrons. The molecule has 0 aliphatic carbocycles. The fraction of sp³-hybridized carbons (Fsp3) is 0.350. The molecule has 1 aromatic heterocycles. The molecule has 0 bridgehead atoms. The molecule has 0 spiro atoms. The Morgan fingerprint density at radius 2 is 2.11 bits per heavy atom. The number of hydrogen-bond donors (Lipinski definition) is 1. The zero-order chi connectivity index (χ0) is 19.4. The first-order valence-corrected chi connectivity index (χ1v) is 9.67. The van der Waals surface area contributed by atoms with Crippen LogP contribution in [0.1, 0.15) is 19.5 Å². The van der Waals surface area contributed by atoms with Crippen molar-refractivity contribution in [2.24, 2.45) is 0 Å². The van der Waals surface area contributed by atoms with Crippen LogP contribution >= 0.6 is 15.9 Å². The molecule has 140 valence electrons. The van der Waals surface area contributed by atoms with Gasteiger partial charge in [0.1, 0.15) is 0 Å². The Bertz CT molecular complexity index is 851. The molecule has 1 aromatic carbocycles. The average molecular weight is 428 g/mol. The first-order chi connectivity index (χ1) is 13.0. The van der Waals surface area contributed by atoms with Crippen molar-refractivity contribution in [2.45, 2.75) is 32.5 Å². The number of halogens is 1. The Morgan fingerprint density at radius 1 is 1.30 bits per heavy atom. The molecule has 3 rings (SSSR count). The van der Waals surface area contributed by atoms with Crippen molar-refractivity contribution in [3.8, 4) is 0 Å². The second-order valence-electron chi connectivity index (χ2n) is 6.73. The monoisotopic (exact) mass is 427 g/mol. The zero-order valence-electron chi connectivity index (χ0n) is 15.4. The van der Waals surface area contributed by atoms with Crippen molar-refractivity contribution in [3.05, 3.63) is 64.2 Å². The third kappa shape index (κ3) is 4.40. The van der Waals surface area contributed by atoms with Gasteiger partial charge in [-0.1, -0.05) is 28.1 Å². The maximum absolute atomic E-state index is 12.6. The van der Waals surface area contributed by atoms with Crippen LogP contribution in [0.5, 0.6) is 0 Å². The Kier molecular flexibility index (Phi) is 5.97. The summed E-state index contributed by atoms with van der Waals surface area (Å²) >= 11 is 3.47. The van der Waals surface area contributed by atoms with Gasteiger partial charge < -0.3 is 15.1 Å². The van der Waals surface area contributed by atoms with Gasteiger partial charge in [0.25, 0.3) is 0 Å². The highest BCUT2D eigenvalue weighted by atomic mass is 79.9. The Balaban J connectivity index is 1.65. The molecule has 7 heteroatoms. The number of nitrogens with zero attached hydrogens (tertiary/aromatic N) is 4. The zero-order valence-corrected chi connectivity index (χ0v) is 17.0. The lowest BCUT2D eigenvalue weighted by Gasteiger charge is -2.45. The van der Waals surface area contributed by atoms with Crippen molar-refractivity contribution in [1.82, 2.24) is 15.2 Å². The van der Waals surface area contributed by atoms with E-state index >= 15 is 0 Å². The summed E-state index contributed by atoms with van der Waals surface area (Å²) in [6, 6.07) is 11.6. The first kappa shape index (κ1) is 19.2. The third-order valence-corrected chi connectivity index (χ3v) is 5.41. The van der Waals surface area contributed by atoms with Gasteiger partial charge in [-0.15, -0.1) is 0 Å². The van der Waals surface area contributed by atoms with Crippen molar-refractivity contribution in [3.63, 3.8) is 0 Å². The van der Waals surface area contributed by atoms with E-state index in [0.29, 0.717) is 18.8 Å². The molecule has 2 amide bonds. The van der Waals surface area contributed by atoms with E-state index in [9.17, 15) is 4.79 Å². The predicted molar refractivity (Wildman–Crippen MR) is 110 cm³/mol. The van der Waals surface area contributed by atoms with Crippen LogP contribution in [0.2, 0.25) is 0 Å². The van der Waals surface area contributed by atoms with Gasteiger partial charge >= 0.3 is 6.03 Å². The summed E-state index contributed by atoms with van der Waals surface area (Å²) in [4.78, 5) is 24.5. The average Bonchev–Trinajstić information content (AvgIpc) is 2.68. The van der Waals surface area contributed by atoms with Crippen molar-refractivity contribution >= 4 is 33.3 Å².